The second-order valence-electron chi connectivity index (χ2n) is 8.61. The van der Waals surface area contributed by atoms with Gasteiger partial charge >= 0.3 is 0 Å². The second kappa shape index (κ2) is 11.4. The van der Waals surface area contributed by atoms with E-state index in [0.29, 0.717) is 12.2 Å². The van der Waals surface area contributed by atoms with E-state index in [-0.39, 0.29) is 11.7 Å². The summed E-state index contributed by atoms with van der Waals surface area (Å²) in [6, 6.07) is 13.0. The number of ether oxygens (including phenoxy) is 1. The molecule has 1 aromatic heterocycles. The molecule has 0 bridgehead atoms. The van der Waals surface area contributed by atoms with Crippen molar-refractivity contribution in [2.24, 2.45) is 5.92 Å². The van der Waals surface area contributed by atoms with Crippen LogP contribution in [0.25, 0.3) is 0 Å². The van der Waals surface area contributed by atoms with Crippen LogP contribution in [0.3, 0.4) is 0 Å². The van der Waals surface area contributed by atoms with Crippen LogP contribution in [-0.4, -0.2) is 55.7 Å². The molecule has 170 valence electrons. The first-order valence-electron chi connectivity index (χ1n) is 11.2. The molecule has 0 saturated carbocycles. The summed E-state index contributed by atoms with van der Waals surface area (Å²) >= 11 is 1.69. The minimum absolute atomic E-state index is 0.194. The smallest absolute Gasteiger partial charge is 0.166 e. The Kier molecular flexibility index (Phi) is 8.64. The lowest BCUT2D eigenvalue weighted by atomic mass is 9.73. The summed E-state index contributed by atoms with van der Waals surface area (Å²) in [6.07, 6.45) is 1.89. The predicted molar refractivity (Wildman–Crippen MR) is 125 cm³/mol. The van der Waals surface area contributed by atoms with Gasteiger partial charge < -0.3 is 9.64 Å². The number of benzene rings is 1. The van der Waals surface area contributed by atoms with E-state index in [2.05, 4.69) is 41.2 Å². The predicted octanol–water partition coefficient (Wildman–Crippen LogP) is 4.65. The van der Waals surface area contributed by atoms with Crippen molar-refractivity contribution in [3.8, 4) is 17.9 Å². The highest BCUT2D eigenvalue weighted by Crippen LogP contribution is 2.39. The number of hydrogen-bond donors (Lipinski definition) is 0. The van der Waals surface area contributed by atoms with Gasteiger partial charge in [-0.2, -0.15) is 10.5 Å². The fourth-order valence-electron chi connectivity index (χ4n) is 4.26. The summed E-state index contributed by atoms with van der Waals surface area (Å²) in [5, 5.41) is 20.9. The third kappa shape index (κ3) is 5.86. The van der Waals surface area contributed by atoms with Crippen LogP contribution in [0.15, 0.2) is 35.7 Å². The number of rotatable bonds is 10. The van der Waals surface area contributed by atoms with Gasteiger partial charge in [-0.25, -0.2) is 4.39 Å². The molecule has 0 radical (unpaired) electrons. The zero-order valence-corrected chi connectivity index (χ0v) is 19.7. The van der Waals surface area contributed by atoms with Crippen LogP contribution in [0, 0.1) is 34.4 Å². The molecule has 1 aliphatic rings. The Hall–Kier alpha value is -2.45. The molecule has 5 nitrogen and oxygen atoms in total. The molecule has 32 heavy (non-hydrogen) atoms. The fraction of sp³-hybridized carbons (Fsp3) is 0.520. The molecule has 1 aromatic carbocycles. The summed E-state index contributed by atoms with van der Waals surface area (Å²) in [5.41, 5.74) is -0.101. The average Bonchev–Trinajstić information content (AvgIpc) is 3.34. The first kappa shape index (κ1) is 24.2. The van der Waals surface area contributed by atoms with Crippen LogP contribution in [-0.2, 0) is 5.41 Å². The van der Waals surface area contributed by atoms with Crippen LogP contribution in [0.2, 0.25) is 0 Å². The Labute approximate surface area is 194 Å². The largest absolute Gasteiger partial charge is 0.489 e. The summed E-state index contributed by atoms with van der Waals surface area (Å²) in [6.45, 7) is 10.4. The molecular weight excluding hydrogens is 423 g/mol. The second-order valence-corrected chi connectivity index (χ2v) is 9.56. The third-order valence-corrected chi connectivity index (χ3v) is 7.43. The molecule has 1 aliphatic heterocycles. The van der Waals surface area contributed by atoms with E-state index in [1.165, 1.54) is 17.0 Å². The average molecular weight is 455 g/mol. The number of hydrogen-bond acceptors (Lipinski definition) is 6. The Balaban J connectivity index is 1.39. The molecular formula is C25H31FN4OS. The van der Waals surface area contributed by atoms with Gasteiger partial charge in [-0.1, -0.05) is 19.9 Å². The highest BCUT2D eigenvalue weighted by Gasteiger charge is 2.36. The topological polar surface area (TPSA) is 63.3 Å². The van der Waals surface area contributed by atoms with E-state index in [0.717, 1.165) is 52.1 Å². The highest BCUT2D eigenvalue weighted by atomic mass is 32.1. The van der Waals surface area contributed by atoms with Crippen LogP contribution >= 0.6 is 11.3 Å². The first-order chi connectivity index (χ1) is 15.5. The lowest BCUT2D eigenvalue weighted by Crippen LogP contribution is -2.47. The van der Waals surface area contributed by atoms with Crippen molar-refractivity contribution in [2.75, 3.05) is 45.9 Å². The monoisotopic (exact) mass is 454 g/mol. The number of nitriles is 2. The van der Waals surface area contributed by atoms with E-state index in [1.54, 1.807) is 17.4 Å². The minimum atomic E-state index is -0.494. The number of halogens is 1. The first-order valence-corrected chi connectivity index (χ1v) is 12.1. The fourth-order valence-corrected chi connectivity index (χ4v) is 5.31. The van der Waals surface area contributed by atoms with Gasteiger partial charge in [0.15, 0.2) is 11.6 Å². The molecule has 0 aliphatic carbocycles. The normalized spacial score (nSPS) is 16.9. The Morgan fingerprint density at radius 3 is 2.41 bits per heavy atom. The third-order valence-electron chi connectivity index (χ3n) is 6.38. The van der Waals surface area contributed by atoms with E-state index in [9.17, 15) is 9.65 Å². The minimum Gasteiger partial charge on any atom is -0.489 e. The van der Waals surface area contributed by atoms with E-state index in [4.69, 9.17) is 10.00 Å². The van der Waals surface area contributed by atoms with Gasteiger partial charge in [-0.3, -0.25) is 4.90 Å². The van der Waals surface area contributed by atoms with Crippen molar-refractivity contribution >= 4 is 11.3 Å². The Morgan fingerprint density at radius 1 is 1.12 bits per heavy atom. The van der Waals surface area contributed by atoms with Gasteiger partial charge in [0.2, 0.25) is 0 Å². The molecule has 0 amide bonds. The Bertz CT molecular complexity index is 942. The van der Waals surface area contributed by atoms with E-state index < -0.39 is 11.2 Å². The quantitative estimate of drug-likeness (QED) is 0.523. The lowest BCUT2D eigenvalue weighted by molar-refractivity contribution is 0.113. The Morgan fingerprint density at radius 2 is 1.84 bits per heavy atom. The van der Waals surface area contributed by atoms with Gasteiger partial charge in [0.05, 0.1) is 23.1 Å². The van der Waals surface area contributed by atoms with Crippen molar-refractivity contribution in [3.63, 3.8) is 0 Å². The summed E-state index contributed by atoms with van der Waals surface area (Å²) < 4.78 is 19.5. The molecule has 1 saturated heterocycles. The lowest BCUT2D eigenvalue weighted by Gasteiger charge is -2.35. The standard InChI is InChI=1S/C25H31FN4OS/c1-20(2)25(19-28,24-5-3-16-32-24)8-4-9-29-10-12-30(13-11-29)14-15-31-23-7-6-21(18-27)17-22(23)26/h3,5-7,16-17,20H,4,8-15H2,1-2H3. The zero-order chi connectivity index (χ0) is 23.0. The highest BCUT2D eigenvalue weighted by molar-refractivity contribution is 7.10. The van der Waals surface area contributed by atoms with Gasteiger partial charge in [0.1, 0.15) is 6.61 Å². The molecule has 0 N–H and O–H groups in total. The number of thiophene rings is 1. The van der Waals surface area contributed by atoms with Crippen molar-refractivity contribution in [2.45, 2.75) is 32.1 Å². The maximum absolute atomic E-state index is 13.9. The van der Waals surface area contributed by atoms with E-state index in [1.807, 2.05) is 12.1 Å². The summed E-state index contributed by atoms with van der Waals surface area (Å²) in [5.74, 6) is -0.0188. The van der Waals surface area contributed by atoms with E-state index >= 15 is 0 Å². The van der Waals surface area contributed by atoms with Crippen molar-refractivity contribution in [3.05, 3.63) is 52.0 Å². The van der Waals surface area contributed by atoms with Crippen LogP contribution < -0.4 is 4.74 Å². The van der Waals surface area contributed by atoms with Crippen molar-refractivity contribution in [1.82, 2.24) is 9.80 Å². The van der Waals surface area contributed by atoms with Crippen molar-refractivity contribution < 1.29 is 9.13 Å². The summed E-state index contributed by atoms with van der Waals surface area (Å²) in [7, 11) is 0. The zero-order valence-electron chi connectivity index (χ0n) is 18.9. The van der Waals surface area contributed by atoms with Gasteiger partial charge in [0.25, 0.3) is 0 Å². The molecule has 1 atom stereocenters. The van der Waals surface area contributed by atoms with Crippen LogP contribution in [0.4, 0.5) is 4.39 Å². The molecule has 7 heteroatoms. The molecule has 1 fully saturated rings. The van der Waals surface area contributed by atoms with Crippen LogP contribution in [0.5, 0.6) is 5.75 Å². The SMILES string of the molecule is CC(C)C(C#N)(CCCN1CCN(CCOc2ccc(C#N)cc2F)CC1)c1cccs1. The number of piperazine rings is 1. The number of nitrogens with zero attached hydrogens (tertiary/aromatic N) is 4. The maximum atomic E-state index is 13.9. The van der Waals surface area contributed by atoms with Gasteiger partial charge in [-0.05, 0) is 54.9 Å². The van der Waals surface area contributed by atoms with Crippen molar-refractivity contribution in [1.29, 1.82) is 10.5 Å². The van der Waals surface area contributed by atoms with Gasteiger partial charge in [-0.15, -0.1) is 11.3 Å². The molecule has 1 unspecified atom stereocenters. The summed E-state index contributed by atoms with van der Waals surface area (Å²) in [4.78, 5) is 5.98. The molecule has 2 heterocycles. The van der Waals surface area contributed by atoms with Gasteiger partial charge in [0, 0.05) is 37.6 Å². The molecule has 0 spiro atoms. The molecule has 2 aromatic rings. The van der Waals surface area contributed by atoms with Crippen LogP contribution in [0.1, 0.15) is 37.1 Å². The molecule has 3 rings (SSSR count). The maximum Gasteiger partial charge on any atom is 0.166 e.